The lowest BCUT2D eigenvalue weighted by Gasteiger charge is -2.10. The second kappa shape index (κ2) is 6.76. The monoisotopic (exact) mass is 310 g/mol. The van der Waals surface area contributed by atoms with Crippen LogP contribution in [0.4, 0.5) is 11.6 Å². The summed E-state index contributed by atoms with van der Waals surface area (Å²) in [5.41, 5.74) is 0.876. The molecule has 20 heavy (non-hydrogen) atoms. The molecule has 0 atom stereocenters. The van der Waals surface area contributed by atoms with E-state index in [9.17, 15) is 0 Å². The molecule has 1 heterocycles. The van der Waals surface area contributed by atoms with Gasteiger partial charge in [-0.2, -0.15) is 15.0 Å². The van der Waals surface area contributed by atoms with E-state index in [4.69, 9.17) is 16.3 Å². The number of thioether (sulfide) groups is 1. The summed E-state index contributed by atoms with van der Waals surface area (Å²) in [6, 6.07) is 8.14. The maximum absolute atomic E-state index is 5.86. The molecule has 1 aromatic carbocycles. The lowest BCUT2D eigenvalue weighted by Crippen LogP contribution is -2.10. The summed E-state index contributed by atoms with van der Waals surface area (Å²) in [5, 5.41) is 3.17. The molecular weight excluding hydrogens is 296 g/mol. The van der Waals surface area contributed by atoms with E-state index < -0.39 is 0 Å². The largest absolute Gasteiger partial charge is 0.461 e. The van der Waals surface area contributed by atoms with Crippen LogP contribution < -0.4 is 10.1 Å². The maximum atomic E-state index is 5.86. The average molecular weight is 311 g/mol. The van der Waals surface area contributed by atoms with Crippen LogP contribution in [0, 0.1) is 0 Å². The number of hydrogen-bond donors (Lipinski definition) is 1. The molecule has 1 aromatic heterocycles. The lowest BCUT2D eigenvalue weighted by atomic mass is 10.3. The predicted octanol–water partition coefficient (Wildman–Crippen LogP) is 3.78. The Morgan fingerprint density at radius 1 is 1.15 bits per heavy atom. The van der Waals surface area contributed by atoms with Gasteiger partial charge in [0.1, 0.15) is 0 Å². The number of halogens is 1. The van der Waals surface area contributed by atoms with Gasteiger partial charge in [-0.1, -0.05) is 0 Å². The Labute approximate surface area is 127 Å². The average Bonchev–Trinajstić information content (AvgIpc) is 2.38. The fraction of sp³-hybridized carbons (Fsp3) is 0.308. The Hall–Kier alpha value is -1.53. The van der Waals surface area contributed by atoms with Crippen molar-refractivity contribution in [1.29, 1.82) is 0 Å². The molecule has 1 N–H and O–H groups in total. The van der Waals surface area contributed by atoms with Crippen LogP contribution in [0.2, 0.25) is 5.28 Å². The summed E-state index contributed by atoms with van der Waals surface area (Å²) >= 11 is 7.55. The van der Waals surface area contributed by atoms with Gasteiger partial charge in [0.25, 0.3) is 0 Å². The molecule has 5 nitrogen and oxygen atoms in total. The van der Waals surface area contributed by atoms with Crippen molar-refractivity contribution in [2.45, 2.75) is 24.8 Å². The summed E-state index contributed by atoms with van der Waals surface area (Å²) < 4.78 is 5.42. The van der Waals surface area contributed by atoms with E-state index in [1.807, 2.05) is 44.4 Å². The molecule has 0 aliphatic carbocycles. The first-order valence-electron chi connectivity index (χ1n) is 6.06. The van der Waals surface area contributed by atoms with Gasteiger partial charge in [-0.05, 0) is 56.0 Å². The molecule has 7 heteroatoms. The summed E-state index contributed by atoms with van der Waals surface area (Å²) in [7, 11) is 0. The number of aromatic nitrogens is 3. The second-order valence-corrected chi connectivity index (χ2v) is 5.45. The van der Waals surface area contributed by atoms with Crippen molar-refractivity contribution in [3.05, 3.63) is 29.5 Å². The molecule has 0 amide bonds. The zero-order valence-corrected chi connectivity index (χ0v) is 13.0. The van der Waals surface area contributed by atoms with Gasteiger partial charge in [0.2, 0.25) is 11.2 Å². The third-order valence-corrected chi connectivity index (χ3v) is 3.19. The summed E-state index contributed by atoms with van der Waals surface area (Å²) in [5.74, 6) is 0.359. The minimum Gasteiger partial charge on any atom is -0.461 e. The van der Waals surface area contributed by atoms with E-state index in [0.29, 0.717) is 5.95 Å². The van der Waals surface area contributed by atoms with Crippen LogP contribution in [0.1, 0.15) is 13.8 Å². The molecule has 0 aliphatic heterocycles. The topological polar surface area (TPSA) is 59.9 Å². The molecule has 2 rings (SSSR count). The number of nitrogens with one attached hydrogen (secondary N) is 1. The highest BCUT2D eigenvalue weighted by atomic mass is 35.5. The van der Waals surface area contributed by atoms with E-state index in [2.05, 4.69) is 20.3 Å². The predicted molar refractivity (Wildman–Crippen MR) is 82.1 cm³/mol. The molecule has 0 saturated heterocycles. The number of rotatable bonds is 5. The van der Waals surface area contributed by atoms with Crippen molar-refractivity contribution < 1.29 is 4.74 Å². The molecule has 0 saturated carbocycles. The van der Waals surface area contributed by atoms with Crippen LogP contribution in [0.5, 0.6) is 6.01 Å². The molecule has 0 fully saturated rings. The zero-order chi connectivity index (χ0) is 14.5. The van der Waals surface area contributed by atoms with Gasteiger partial charge >= 0.3 is 6.01 Å². The molecule has 0 radical (unpaired) electrons. The van der Waals surface area contributed by atoms with E-state index in [-0.39, 0.29) is 17.4 Å². The van der Waals surface area contributed by atoms with Crippen molar-refractivity contribution in [1.82, 2.24) is 15.0 Å². The SMILES string of the molecule is CSc1ccc(Nc2nc(Cl)nc(OC(C)C)n2)cc1. The van der Waals surface area contributed by atoms with E-state index >= 15 is 0 Å². The summed E-state index contributed by atoms with van der Waals surface area (Å²) in [4.78, 5) is 13.3. The summed E-state index contributed by atoms with van der Waals surface area (Å²) in [6.07, 6.45) is 2.01. The third-order valence-electron chi connectivity index (χ3n) is 2.27. The Balaban J connectivity index is 2.17. The number of anilines is 2. The van der Waals surface area contributed by atoms with Gasteiger partial charge < -0.3 is 10.1 Å². The van der Waals surface area contributed by atoms with Crippen molar-refractivity contribution in [2.75, 3.05) is 11.6 Å². The van der Waals surface area contributed by atoms with Crippen LogP contribution >= 0.6 is 23.4 Å². The highest BCUT2D eigenvalue weighted by Crippen LogP contribution is 2.20. The first kappa shape index (κ1) is 14.9. The van der Waals surface area contributed by atoms with E-state index in [0.717, 1.165) is 5.69 Å². The van der Waals surface area contributed by atoms with Crippen LogP contribution in [-0.2, 0) is 0 Å². The number of hydrogen-bond acceptors (Lipinski definition) is 6. The number of nitrogens with zero attached hydrogens (tertiary/aromatic N) is 3. The van der Waals surface area contributed by atoms with E-state index in [1.54, 1.807) is 11.8 Å². The van der Waals surface area contributed by atoms with Gasteiger partial charge in [-0.3, -0.25) is 0 Å². The molecule has 2 aromatic rings. The van der Waals surface area contributed by atoms with Gasteiger partial charge in [-0.25, -0.2) is 0 Å². The molecule has 0 aliphatic rings. The van der Waals surface area contributed by atoms with Crippen molar-refractivity contribution in [3.63, 3.8) is 0 Å². The van der Waals surface area contributed by atoms with Gasteiger partial charge in [0.05, 0.1) is 6.10 Å². The smallest absolute Gasteiger partial charge is 0.322 e. The minimum absolute atomic E-state index is 0.0258. The molecule has 0 bridgehead atoms. The van der Waals surface area contributed by atoms with E-state index in [1.165, 1.54) is 4.90 Å². The summed E-state index contributed by atoms with van der Waals surface area (Å²) in [6.45, 7) is 3.79. The Morgan fingerprint density at radius 2 is 1.85 bits per heavy atom. The first-order chi connectivity index (χ1) is 9.56. The van der Waals surface area contributed by atoms with Crippen molar-refractivity contribution in [2.24, 2.45) is 0 Å². The zero-order valence-electron chi connectivity index (χ0n) is 11.4. The first-order valence-corrected chi connectivity index (χ1v) is 7.66. The fourth-order valence-corrected chi connectivity index (χ4v) is 2.02. The van der Waals surface area contributed by atoms with Gasteiger partial charge in [0.15, 0.2) is 0 Å². The highest BCUT2D eigenvalue weighted by Gasteiger charge is 2.08. The molecule has 0 unspecified atom stereocenters. The van der Waals surface area contributed by atoms with Crippen LogP contribution in [-0.4, -0.2) is 27.3 Å². The van der Waals surface area contributed by atoms with Gasteiger partial charge in [-0.15, -0.1) is 11.8 Å². The minimum atomic E-state index is -0.0258. The number of ether oxygens (including phenoxy) is 1. The lowest BCUT2D eigenvalue weighted by molar-refractivity contribution is 0.222. The molecule has 106 valence electrons. The second-order valence-electron chi connectivity index (χ2n) is 4.23. The molecule has 0 spiro atoms. The van der Waals surface area contributed by atoms with Crippen LogP contribution in [0.25, 0.3) is 0 Å². The maximum Gasteiger partial charge on any atom is 0.322 e. The normalized spacial score (nSPS) is 10.7. The van der Waals surface area contributed by atoms with Crippen molar-refractivity contribution >= 4 is 35.0 Å². The standard InChI is InChI=1S/C13H15ClN4OS/c1-8(2)19-13-17-11(14)16-12(18-13)15-9-4-6-10(20-3)7-5-9/h4-8H,1-3H3,(H,15,16,17,18). The Kier molecular flexibility index (Phi) is 5.03. The highest BCUT2D eigenvalue weighted by molar-refractivity contribution is 7.98. The fourth-order valence-electron chi connectivity index (χ4n) is 1.45. The van der Waals surface area contributed by atoms with Crippen LogP contribution in [0.15, 0.2) is 29.2 Å². The Bertz CT molecular complexity index is 577. The van der Waals surface area contributed by atoms with Crippen molar-refractivity contribution in [3.8, 4) is 6.01 Å². The van der Waals surface area contributed by atoms with Crippen LogP contribution in [0.3, 0.4) is 0 Å². The molecular formula is C13H15ClN4OS. The quantitative estimate of drug-likeness (QED) is 0.848. The Morgan fingerprint density at radius 3 is 2.45 bits per heavy atom. The third kappa shape index (κ3) is 4.25. The number of benzene rings is 1. The van der Waals surface area contributed by atoms with Gasteiger partial charge in [0, 0.05) is 10.6 Å².